The summed E-state index contributed by atoms with van der Waals surface area (Å²) in [5, 5.41) is 8.88. The molecule has 3 heteroatoms. The number of nitrogens with zero attached hydrogens (tertiary/aromatic N) is 2. The standard InChI is InChI=1S/C15H22N2O/c1-11-8-12(2)14(15(9-11)18-5)6-7-17(4)13(3)10-16/h8-9,13H,6-7H2,1-5H3. The van der Waals surface area contributed by atoms with Crippen LogP contribution in [0, 0.1) is 25.2 Å². The fraction of sp³-hybridized carbons (Fsp3) is 0.533. The first-order chi connectivity index (χ1) is 8.49. The predicted molar refractivity (Wildman–Crippen MR) is 73.9 cm³/mol. The van der Waals surface area contributed by atoms with Crippen molar-refractivity contribution < 1.29 is 4.74 Å². The van der Waals surface area contributed by atoms with Crippen LogP contribution in [0.3, 0.4) is 0 Å². The summed E-state index contributed by atoms with van der Waals surface area (Å²) in [4.78, 5) is 2.05. The average molecular weight is 246 g/mol. The Balaban J connectivity index is 2.82. The third-order valence-corrected chi connectivity index (χ3v) is 3.36. The summed E-state index contributed by atoms with van der Waals surface area (Å²) in [6, 6.07) is 6.43. The van der Waals surface area contributed by atoms with Crippen LogP contribution in [0.25, 0.3) is 0 Å². The van der Waals surface area contributed by atoms with E-state index in [9.17, 15) is 0 Å². The fourth-order valence-corrected chi connectivity index (χ4v) is 2.04. The van der Waals surface area contributed by atoms with Gasteiger partial charge in [0.2, 0.25) is 0 Å². The predicted octanol–water partition coefficient (Wildman–Crippen LogP) is 2.70. The summed E-state index contributed by atoms with van der Waals surface area (Å²) >= 11 is 0. The first-order valence-electron chi connectivity index (χ1n) is 6.23. The molecule has 0 fully saturated rings. The average Bonchev–Trinajstić information content (AvgIpc) is 2.35. The molecule has 0 saturated heterocycles. The third kappa shape index (κ3) is 3.48. The second-order valence-corrected chi connectivity index (χ2v) is 4.80. The highest BCUT2D eigenvalue weighted by Gasteiger charge is 2.11. The first-order valence-corrected chi connectivity index (χ1v) is 6.23. The lowest BCUT2D eigenvalue weighted by atomic mass is 10.0. The smallest absolute Gasteiger partial charge is 0.122 e. The van der Waals surface area contributed by atoms with E-state index in [0.29, 0.717) is 0 Å². The maximum atomic E-state index is 8.88. The molecule has 98 valence electrons. The number of aryl methyl sites for hydroxylation is 2. The van der Waals surface area contributed by atoms with Crippen molar-refractivity contribution in [3.63, 3.8) is 0 Å². The summed E-state index contributed by atoms with van der Waals surface area (Å²) < 4.78 is 5.44. The number of hydrogen-bond acceptors (Lipinski definition) is 3. The number of benzene rings is 1. The molecule has 0 aliphatic rings. The Labute approximate surface area is 110 Å². The number of nitriles is 1. The quantitative estimate of drug-likeness (QED) is 0.801. The number of likely N-dealkylation sites (N-methyl/N-ethyl adjacent to an activating group) is 1. The van der Waals surface area contributed by atoms with Gasteiger partial charge in [0.1, 0.15) is 5.75 Å². The van der Waals surface area contributed by atoms with Gasteiger partial charge in [-0.2, -0.15) is 5.26 Å². The van der Waals surface area contributed by atoms with Crippen molar-refractivity contribution in [3.8, 4) is 11.8 Å². The largest absolute Gasteiger partial charge is 0.496 e. The maximum absolute atomic E-state index is 8.88. The lowest BCUT2D eigenvalue weighted by Crippen LogP contribution is -2.29. The third-order valence-electron chi connectivity index (χ3n) is 3.36. The van der Waals surface area contributed by atoms with Crippen molar-refractivity contribution >= 4 is 0 Å². The van der Waals surface area contributed by atoms with Crippen LogP contribution >= 0.6 is 0 Å². The number of methoxy groups -OCH3 is 1. The summed E-state index contributed by atoms with van der Waals surface area (Å²) in [5.74, 6) is 0.950. The zero-order valence-corrected chi connectivity index (χ0v) is 11.9. The van der Waals surface area contributed by atoms with Gasteiger partial charge in [0.15, 0.2) is 0 Å². The summed E-state index contributed by atoms with van der Waals surface area (Å²) in [6.07, 6.45) is 0.901. The highest BCUT2D eigenvalue weighted by Crippen LogP contribution is 2.24. The van der Waals surface area contributed by atoms with Crippen LogP contribution in [-0.4, -0.2) is 31.6 Å². The minimum atomic E-state index is -0.0539. The van der Waals surface area contributed by atoms with Crippen LogP contribution < -0.4 is 4.74 Å². The molecule has 1 atom stereocenters. The molecule has 3 nitrogen and oxygen atoms in total. The molecule has 18 heavy (non-hydrogen) atoms. The van der Waals surface area contributed by atoms with Gasteiger partial charge in [-0.3, -0.25) is 4.90 Å². The van der Waals surface area contributed by atoms with Gasteiger partial charge in [-0.25, -0.2) is 0 Å². The van der Waals surface area contributed by atoms with Gasteiger partial charge >= 0.3 is 0 Å². The Kier molecular flexibility index (Phi) is 5.18. The van der Waals surface area contributed by atoms with Crippen LogP contribution in [0.15, 0.2) is 12.1 Å². The van der Waals surface area contributed by atoms with Crippen molar-refractivity contribution in [1.29, 1.82) is 5.26 Å². The molecule has 1 aromatic rings. The van der Waals surface area contributed by atoms with Crippen molar-refractivity contribution in [2.24, 2.45) is 0 Å². The Bertz CT molecular complexity index is 449. The minimum absolute atomic E-state index is 0.0539. The number of ether oxygens (including phenoxy) is 1. The molecule has 0 aliphatic heterocycles. The molecule has 1 aromatic carbocycles. The van der Waals surface area contributed by atoms with Gasteiger partial charge in [-0.05, 0) is 57.0 Å². The number of rotatable bonds is 5. The summed E-state index contributed by atoms with van der Waals surface area (Å²) in [5.41, 5.74) is 3.71. The molecule has 0 spiro atoms. The van der Waals surface area contributed by atoms with Crippen LogP contribution in [0.1, 0.15) is 23.6 Å². The monoisotopic (exact) mass is 246 g/mol. The van der Waals surface area contributed by atoms with Gasteiger partial charge in [0, 0.05) is 6.54 Å². The van der Waals surface area contributed by atoms with E-state index in [-0.39, 0.29) is 6.04 Å². The normalized spacial score (nSPS) is 12.3. The van der Waals surface area contributed by atoms with E-state index < -0.39 is 0 Å². The second kappa shape index (κ2) is 6.42. The van der Waals surface area contributed by atoms with Crippen LogP contribution in [0.5, 0.6) is 5.75 Å². The Hall–Kier alpha value is -1.53. The van der Waals surface area contributed by atoms with Crippen LogP contribution in [0.4, 0.5) is 0 Å². The molecular weight excluding hydrogens is 224 g/mol. The summed E-state index contributed by atoms with van der Waals surface area (Å²) in [7, 11) is 3.68. The van der Waals surface area contributed by atoms with E-state index >= 15 is 0 Å². The van der Waals surface area contributed by atoms with Crippen LogP contribution in [0.2, 0.25) is 0 Å². The van der Waals surface area contributed by atoms with E-state index in [1.54, 1.807) is 7.11 Å². The van der Waals surface area contributed by atoms with E-state index in [4.69, 9.17) is 10.00 Å². The van der Waals surface area contributed by atoms with Gasteiger partial charge in [-0.1, -0.05) is 6.07 Å². The first kappa shape index (κ1) is 14.5. The highest BCUT2D eigenvalue weighted by atomic mass is 16.5. The van der Waals surface area contributed by atoms with E-state index in [1.165, 1.54) is 16.7 Å². The van der Waals surface area contributed by atoms with Gasteiger partial charge < -0.3 is 4.74 Å². The lowest BCUT2D eigenvalue weighted by molar-refractivity contribution is 0.304. The van der Waals surface area contributed by atoms with E-state index in [1.807, 2.05) is 14.0 Å². The molecule has 1 unspecified atom stereocenters. The molecule has 0 amide bonds. The lowest BCUT2D eigenvalue weighted by Gasteiger charge is -2.20. The SMILES string of the molecule is COc1cc(C)cc(C)c1CCN(C)C(C)C#N. The van der Waals surface area contributed by atoms with Crippen molar-refractivity contribution in [2.75, 3.05) is 20.7 Å². The van der Waals surface area contributed by atoms with Gasteiger partial charge in [0.05, 0.1) is 19.2 Å². The molecule has 0 saturated carbocycles. The Morgan fingerprint density at radius 3 is 2.61 bits per heavy atom. The van der Waals surface area contributed by atoms with E-state index in [0.717, 1.165) is 18.7 Å². The Morgan fingerprint density at radius 1 is 1.39 bits per heavy atom. The minimum Gasteiger partial charge on any atom is -0.496 e. The Morgan fingerprint density at radius 2 is 2.06 bits per heavy atom. The zero-order chi connectivity index (χ0) is 13.7. The molecular formula is C15H22N2O. The van der Waals surface area contributed by atoms with E-state index in [2.05, 4.69) is 36.9 Å². The zero-order valence-electron chi connectivity index (χ0n) is 11.9. The number of hydrogen-bond donors (Lipinski definition) is 0. The van der Waals surface area contributed by atoms with Gasteiger partial charge in [0.25, 0.3) is 0 Å². The molecule has 0 radical (unpaired) electrons. The topological polar surface area (TPSA) is 36.3 Å². The molecule has 0 heterocycles. The van der Waals surface area contributed by atoms with Gasteiger partial charge in [-0.15, -0.1) is 0 Å². The van der Waals surface area contributed by atoms with Crippen molar-refractivity contribution in [1.82, 2.24) is 4.90 Å². The maximum Gasteiger partial charge on any atom is 0.122 e. The second-order valence-electron chi connectivity index (χ2n) is 4.80. The fourth-order valence-electron chi connectivity index (χ4n) is 2.04. The molecule has 1 rings (SSSR count). The molecule has 0 aliphatic carbocycles. The highest BCUT2D eigenvalue weighted by molar-refractivity contribution is 5.43. The molecule has 0 aromatic heterocycles. The molecule has 0 N–H and O–H groups in total. The van der Waals surface area contributed by atoms with Crippen LogP contribution in [-0.2, 0) is 6.42 Å². The molecule has 0 bridgehead atoms. The summed E-state index contributed by atoms with van der Waals surface area (Å²) in [6.45, 7) is 6.95. The van der Waals surface area contributed by atoms with Crippen molar-refractivity contribution in [3.05, 3.63) is 28.8 Å². The van der Waals surface area contributed by atoms with Crippen molar-refractivity contribution in [2.45, 2.75) is 33.2 Å².